The fourth-order valence-electron chi connectivity index (χ4n) is 5.05. The van der Waals surface area contributed by atoms with E-state index in [2.05, 4.69) is 10.2 Å². The van der Waals surface area contributed by atoms with Gasteiger partial charge in [-0.2, -0.15) is 0 Å². The molecule has 6 rings (SSSR count). The van der Waals surface area contributed by atoms with Gasteiger partial charge in [0.25, 0.3) is 5.91 Å². The van der Waals surface area contributed by atoms with Gasteiger partial charge in [-0.25, -0.2) is 9.18 Å². The molecule has 1 fully saturated rings. The first-order valence-electron chi connectivity index (χ1n) is 13.0. The SMILES string of the molecule is O=C(O)N1CCN(c2ccc(Oc3ccc4c(c3)C(=O)N(Cc3ccccc3)c3cc(F)ccc3N4)cc2)CC1. The molecule has 4 aromatic rings. The Morgan fingerprint density at radius 3 is 2.27 bits per heavy atom. The third kappa shape index (κ3) is 5.13. The van der Waals surface area contributed by atoms with E-state index in [4.69, 9.17) is 9.84 Å². The first-order valence-corrected chi connectivity index (χ1v) is 13.0. The fraction of sp³-hybridized carbons (Fsp3) is 0.161. The van der Waals surface area contributed by atoms with Crippen LogP contribution in [0, 0.1) is 5.82 Å². The van der Waals surface area contributed by atoms with Gasteiger partial charge in [-0.05, 0) is 66.2 Å². The van der Waals surface area contributed by atoms with E-state index in [9.17, 15) is 14.0 Å². The van der Waals surface area contributed by atoms with Gasteiger partial charge in [-0.3, -0.25) is 4.79 Å². The molecule has 0 unspecified atom stereocenters. The minimum Gasteiger partial charge on any atom is -0.465 e. The number of benzene rings is 4. The second kappa shape index (κ2) is 10.6. The number of nitrogens with one attached hydrogen (secondary N) is 1. The number of halogens is 1. The van der Waals surface area contributed by atoms with Crippen molar-refractivity contribution in [2.75, 3.05) is 41.3 Å². The van der Waals surface area contributed by atoms with Gasteiger partial charge < -0.3 is 29.9 Å². The molecule has 2 amide bonds. The summed E-state index contributed by atoms with van der Waals surface area (Å²) in [4.78, 5) is 30.2. The van der Waals surface area contributed by atoms with Crippen LogP contribution >= 0.6 is 0 Å². The lowest BCUT2D eigenvalue weighted by Crippen LogP contribution is -2.48. The average Bonchev–Trinajstić information content (AvgIpc) is 3.08. The van der Waals surface area contributed by atoms with Gasteiger partial charge in [0.05, 0.1) is 29.2 Å². The van der Waals surface area contributed by atoms with Crippen LogP contribution in [0.5, 0.6) is 11.5 Å². The highest BCUT2D eigenvalue weighted by atomic mass is 19.1. The maximum Gasteiger partial charge on any atom is 0.407 e. The Labute approximate surface area is 230 Å². The third-order valence-electron chi connectivity index (χ3n) is 7.16. The molecule has 4 aromatic carbocycles. The molecular weight excluding hydrogens is 511 g/mol. The van der Waals surface area contributed by atoms with Crippen molar-refractivity contribution in [1.29, 1.82) is 0 Å². The Bertz CT molecular complexity index is 1550. The highest BCUT2D eigenvalue weighted by Crippen LogP contribution is 2.39. The van der Waals surface area contributed by atoms with Crippen LogP contribution in [0.15, 0.2) is 91.0 Å². The lowest BCUT2D eigenvalue weighted by molar-refractivity contribution is 0.0986. The van der Waals surface area contributed by atoms with Crippen LogP contribution in [0.1, 0.15) is 15.9 Å². The minimum absolute atomic E-state index is 0.267. The predicted molar refractivity (Wildman–Crippen MR) is 151 cm³/mol. The number of nitrogens with zero attached hydrogens (tertiary/aromatic N) is 3. The van der Waals surface area contributed by atoms with Crippen molar-refractivity contribution in [1.82, 2.24) is 4.90 Å². The third-order valence-corrected chi connectivity index (χ3v) is 7.16. The summed E-state index contributed by atoms with van der Waals surface area (Å²) in [5.74, 6) is 0.410. The molecular formula is C31H27FN4O4. The van der Waals surface area contributed by atoms with Crippen LogP contribution in [0.25, 0.3) is 0 Å². The zero-order valence-electron chi connectivity index (χ0n) is 21.6. The number of amides is 2. The lowest BCUT2D eigenvalue weighted by Gasteiger charge is -2.34. The Kier molecular flexibility index (Phi) is 6.69. The Hall–Kier alpha value is -5.05. The molecule has 40 heavy (non-hydrogen) atoms. The summed E-state index contributed by atoms with van der Waals surface area (Å²) in [6.45, 7) is 2.45. The molecule has 8 nitrogen and oxygen atoms in total. The van der Waals surface area contributed by atoms with Gasteiger partial charge in [0.1, 0.15) is 17.3 Å². The molecule has 0 spiro atoms. The van der Waals surface area contributed by atoms with Crippen LogP contribution in [0.4, 0.5) is 31.9 Å². The first-order chi connectivity index (χ1) is 19.4. The van der Waals surface area contributed by atoms with Gasteiger partial charge >= 0.3 is 6.09 Å². The van der Waals surface area contributed by atoms with Gasteiger partial charge in [-0.15, -0.1) is 0 Å². The molecule has 2 heterocycles. The highest BCUT2D eigenvalue weighted by molar-refractivity contribution is 6.13. The summed E-state index contributed by atoms with van der Waals surface area (Å²) in [6, 6.07) is 26.8. The number of fused-ring (bicyclic) bond motifs is 2. The number of carbonyl (C=O) groups is 2. The normalized spacial score (nSPS) is 14.6. The maximum absolute atomic E-state index is 14.3. The molecule has 0 aliphatic carbocycles. The van der Waals surface area contributed by atoms with Crippen molar-refractivity contribution >= 4 is 34.7 Å². The topological polar surface area (TPSA) is 85.4 Å². The molecule has 0 aromatic heterocycles. The zero-order chi connectivity index (χ0) is 27.6. The van der Waals surface area contributed by atoms with Gasteiger partial charge in [0, 0.05) is 31.9 Å². The van der Waals surface area contributed by atoms with Crippen molar-refractivity contribution < 1.29 is 23.8 Å². The standard InChI is InChI=1S/C31H27FN4O4/c32-22-6-12-28-29(18-22)36(20-21-4-2-1-3-5-21)30(37)26-19-25(11-13-27(26)33-28)40-24-9-7-23(8-10-24)34-14-16-35(17-15-34)31(38)39/h1-13,18-19,33H,14-17,20H2,(H,38,39). The molecule has 0 radical (unpaired) electrons. The fourth-order valence-corrected chi connectivity index (χ4v) is 5.05. The Morgan fingerprint density at radius 1 is 0.850 bits per heavy atom. The number of anilines is 4. The summed E-state index contributed by atoms with van der Waals surface area (Å²) in [6.07, 6.45) is -0.892. The number of hydrogen-bond acceptors (Lipinski definition) is 5. The van der Waals surface area contributed by atoms with Crippen LogP contribution in [0.2, 0.25) is 0 Å². The van der Waals surface area contributed by atoms with Crippen LogP contribution in [-0.4, -0.2) is 48.2 Å². The summed E-state index contributed by atoms with van der Waals surface area (Å²) in [5.41, 5.74) is 4.03. The zero-order valence-corrected chi connectivity index (χ0v) is 21.6. The van der Waals surface area contributed by atoms with Crippen LogP contribution in [-0.2, 0) is 6.54 Å². The van der Waals surface area contributed by atoms with Gasteiger partial charge in [0.2, 0.25) is 0 Å². The van der Waals surface area contributed by atoms with E-state index < -0.39 is 11.9 Å². The summed E-state index contributed by atoms with van der Waals surface area (Å²) in [5, 5.41) is 12.5. The minimum atomic E-state index is -0.892. The largest absolute Gasteiger partial charge is 0.465 e. The van der Waals surface area contributed by atoms with Crippen LogP contribution in [0.3, 0.4) is 0 Å². The van der Waals surface area contributed by atoms with Crippen molar-refractivity contribution in [3.63, 3.8) is 0 Å². The predicted octanol–water partition coefficient (Wildman–Crippen LogP) is 6.32. The maximum atomic E-state index is 14.3. The Balaban J connectivity index is 1.23. The number of hydrogen-bond donors (Lipinski definition) is 2. The lowest BCUT2D eigenvalue weighted by atomic mass is 10.1. The van der Waals surface area contributed by atoms with E-state index >= 15 is 0 Å². The van der Waals surface area contributed by atoms with E-state index in [1.165, 1.54) is 17.0 Å². The summed E-state index contributed by atoms with van der Waals surface area (Å²) in [7, 11) is 0. The monoisotopic (exact) mass is 538 g/mol. The molecule has 2 aliphatic rings. The molecule has 0 saturated carbocycles. The highest BCUT2D eigenvalue weighted by Gasteiger charge is 2.28. The van der Waals surface area contributed by atoms with Crippen molar-refractivity contribution in [3.8, 4) is 11.5 Å². The average molecular weight is 539 g/mol. The van der Waals surface area contributed by atoms with E-state index in [1.807, 2.05) is 54.6 Å². The van der Waals surface area contributed by atoms with Crippen molar-refractivity contribution in [3.05, 3.63) is 108 Å². The Morgan fingerprint density at radius 2 is 1.55 bits per heavy atom. The molecule has 2 aliphatic heterocycles. The quantitative estimate of drug-likeness (QED) is 0.309. The number of carbonyl (C=O) groups excluding carboxylic acids is 1. The second-order valence-corrected chi connectivity index (χ2v) is 9.72. The van der Waals surface area contributed by atoms with Crippen molar-refractivity contribution in [2.45, 2.75) is 6.54 Å². The van der Waals surface area contributed by atoms with Crippen molar-refractivity contribution in [2.24, 2.45) is 0 Å². The number of piperazine rings is 1. The molecule has 1 saturated heterocycles. The van der Waals surface area contributed by atoms with E-state index in [-0.39, 0.29) is 12.5 Å². The molecule has 0 atom stereocenters. The smallest absolute Gasteiger partial charge is 0.407 e. The van der Waals surface area contributed by atoms with E-state index in [0.29, 0.717) is 60.3 Å². The summed E-state index contributed by atoms with van der Waals surface area (Å²) < 4.78 is 20.4. The molecule has 0 bridgehead atoms. The van der Waals surface area contributed by atoms with Gasteiger partial charge in [-0.1, -0.05) is 30.3 Å². The number of carboxylic acid groups (broad SMARTS) is 1. The number of ether oxygens (including phenoxy) is 1. The first kappa shape index (κ1) is 25.2. The number of rotatable bonds is 5. The van der Waals surface area contributed by atoms with E-state index in [1.54, 1.807) is 29.2 Å². The molecule has 202 valence electrons. The van der Waals surface area contributed by atoms with Gasteiger partial charge in [0.15, 0.2) is 0 Å². The molecule has 9 heteroatoms. The van der Waals surface area contributed by atoms with Crippen LogP contribution < -0.4 is 19.9 Å². The second-order valence-electron chi connectivity index (χ2n) is 9.72. The summed E-state index contributed by atoms with van der Waals surface area (Å²) >= 11 is 0. The molecule has 2 N–H and O–H groups in total. The van der Waals surface area contributed by atoms with E-state index in [0.717, 1.165) is 11.3 Å².